The summed E-state index contributed by atoms with van der Waals surface area (Å²) in [5.41, 5.74) is 1.96. The molecule has 1 aromatic carbocycles. The van der Waals surface area contributed by atoms with Gasteiger partial charge in [0.1, 0.15) is 0 Å². The number of aromatic nitrogens is 1. The number of thiazole rings is 1. The van der Waals surface area contributed by atoms with Crippen molar-refractivity contribution in [3.8, 4) is 0 Å². The van der Waals surface area contributed by atoms with Crippen LogP contribution in [0.5, 0.6) is 0 Å². The van der Waals surface area contributed by atoms with Gasteiger partial charge in [-0.05, 0) is 12.5 Å². The van der Waals surface area contributed by atoms with Crippen LogP contribution in [0.2, 0.25) is 0 Å². The van der Waals surface area contributed by atoms with E-state index in [1.165, 1.54) is 7.11 Å². The molecule has 1 aromatic heterocycles. The molecule has 0 saturated heterocycles. The zero-order valence-electron chi connectivity index (χ0n) is 11.6. The molecule has 1 heterocycles. The number of ether oxygens (including phenoxy) is 1. The Morgan fingerprint density at radius 3 is 2.75 bits per heavy atom. The van der Waals surface area contributed by atoms with Gasteiger partial charge in [0, 0.05) is 18.5 Å². The monoisotopic (exact) mass is 290 g/mol. The van der Waals surface area contributed by atoms with Gasteiger partial charge < -0.3 is 10.1 Å². The third-order valence-corrected chi connectivity index (χ3v) is 3.83. The van der Waals surface area contributed by atoms with Gasteiger partial charge in [0.15, 0.2) is 0 Å². The summed E-state index contributed by atoms with van der Waals surface area (Å²) in [4.78, 5) is 16.3. The Kier molecular flexibility index (Phi) is 5.26. The summed E-state index contributed by atoms with van der Waals surface area (Å²) in [6.07, 6.45) is 0. The van der Waals surface area contributed by atoms with E-state index in [0.29, 0.717) is 13.1 Å². The first-order valence-electron chi connectivity index (χ1n) is 6.45. The topological polar surface area (TPSA) is 51.2 Å². The number of esters is 1. The average Bonchev–Trinajstić information content (AvgIpc) is 2.89. The molecule has 2 aromatic rings. The highest BCUT2D eigenvalue weighted by Gasteiger charge is 2.20. The predicted molar refractivity (Wildman–Crippen MR) is 79.8 cm³/mol. The van der Waals surface area contributed by atoms with Crippen molar-refractivity contribution in [3.05, 3.63) is 52.0 Å². The first kappa shape index (κ1) is 14.7. The number of benzene rings is 1. The van der Waals surface area contributed by atoms with Crippen LogP contribution in [0.3, 0.4) is 0 Å². The number of nitrogens with one attached hydrogen (secondary N) is 1. The van der Waals surface area contributed by atoms with Crippen molar-refractivity contribution in [2.24, 2.45) is 0 Å². The SMILES string of the molecule is COC(=O)C(CNCc1csc(C)n1)c1ccccc1. The Morgan fingerprint density at radius 2 is 2.15 bits per heavy atom. The minimum absolute atomic E-state index is 0.224. The maximum absolute atomic E-state index is 11.9. The first-order valence-corrected chi connectivity index (χ1v) is 7.33. The van der Waals surface area contributed by atoms with Crippen LogP contribution in [0.1, 0.15) is 22.2 Å². The lowest BCUT2D eigenvalue weighted by molar-refractivity contribution is -0.142. The number of rotatable bonds is 6. The summed E-state index contributed by atoms with van der Waals surface area (Å²) in [5, 5.41) is 6.35. The van der Waals surface area contributed by atoms with Gasteiger partial charge in [0.2, 0.25) is 0 Å². The van der Waals surface area contributed by atoms with E-state index in [2.05, 4.69) is 10.3 Å². The molecule has 1 unspecified atom stereocenters. The van der Waals surface area contributed by atoms with Gasteiger partial charge in [0.05, 0.1) is 23.7 Å². The number of hydrogen-bond acceptors (Lipinski definition) is 5. The number of aryl methyl sites for hydroxylation is 1. The summed E-state index contributed by atoms with van der Waals surface area (Å²) < 4.78 is 4.88. The fourth-order valence-corrected chi connectivity index (χ4v) is 2.61. The van der Waals surface area contributed by atoms with Crippen molar-refractivity contribution < 1.29 is 9.53 Å². The third-order valence-electron chi connectivity index (χ3n) is 3.01. The number of methoxy groups -OCH3 is 1. The molecule has 1 atom stereocenters. The zero-order valence-corrected chi connectivity index (χ0v) is 12.4. The van der Waals surface area contributed by atoms with Gasteiger partial charge >= 0.3 is 5.97 Å². The number of carbonyl (C=O) groups is 1. The smallest absolute Gasteiger partial charge is 0.314 e. The second kappa shape index (κ2) is 7.17. The van der Waals surface area contributed by atoms with Crippen molar-refractivity contribution >= 4 is 17.3 Å². The van der Waals surface area contributed by atoms with E-state index in [1.54, 1.807) is 11.3 Å². The largest absolute Gasteiger partial charge is 0.469 e. The molecule has 0 aliphatic carbocycles. The highest BCUT2D eigenvalue weighted by molar-refractivity contribution is 7.09. The molecule has 106 valence electrons. The van der Waals surface area contributed by atoms with E-state index >= 15 is 0 Å². The number of nitrogens with zero attached hydrogens (tertiary/aromatic N) is 1. The van der Waals surface area contributed by atoms with Gasteiger partial charge in [-0.15, -0.1) is 11.3 Å². The first-order chi connectivity index (χ1) is 9.70. The van der Waals surface area contributed by atoms with E-state index < -0.39 is 0 Å². The summed E-state index contributed by atoms with van der Waals surface area (Å²) in [6.45, 7) is 3.17. The lowest BCUT2D eigenvalue weighted by Gasteiger charge is -2.15. The van der Waals surface area contributed by atoms with Gasteiger partial charge in [-0.1, -0.05) is 30.3 Å². The minimum Gasteiger partial charge on any atom is -0.469 e. The number of hydrogen-bond donors (Lipinski definition) is 1. The number of carbonyl (C=O) groups excluding carboxylic acids is 1. The predicted octanol–water partition coefficient (Wildman–Crippen LogP) is 2.50. The van der Waals surface area contributed by atoms with Gasteiger partial charge in [0.25, 0.3) is 0 Å². The molecule has 0 saturated carbocycles. The van der Waals surface area contributed by atoms with Gasteiger partial charge in [-0.25, -0.2) is 4.98 Å². The van der Waals surface area contributed by atoms with Crippen molar-refractivity contribution in [3.63, 3.8) is 0 Å². The summed E-state index contributed by atoms with van der Waals surface area (Å²) in [7, 11) is 1.42. The Bertz CT molecular complexity index is 554. The highest BCUT2D eigenvalue weighted by Crippen LogP contribution is 2.16. The Morgan fingerprint density at radius 1 is 1.40 bits per heavy atom. The fraction of sp³-hybridized carbons (Fsp3) is 0.333. The zero-order chi connectivity index (χ0) is 14.4. The molecule has 0 aliphatic rings. The molecular weight excluding hydrogens is 272 g/mol. The van der Waals surface area contributed by atoms with Gasteiger partial charge in [-0.2, -0.15) is 0 Å². The third kappa shape index (κ3) is 3.88. The fourth-order valence-electron chi connectivity index (χ4n) is 2.00. The standard InChI is InChI=1S/C15H18N2O2S/c1-11-17-13(10-20-11)8-16-9-14(15(18)19-2)12-6-4-3-5-7-12/h3-7,10,14,16H,8-9H2,1-2H3. The van der Waals surface area contributed by atoms with E-state index in [-0.39, 0.29) is 11.9 Å². The second-order valence-corrected chi connectivity index (χ2v) is 5.54. The van der Waals surface area contributed by atoms with Crippen molar-refractivity contribution in [1.82, 2.24) is 10.3 Å². The van der Waals surface area contributed by atoms with Gasteiger partial charge in [-0.3, -0.25) is 4.79 Å². The lowest BCUT2D eigenvalue weighted by atomic mass is 9.99. The molecule has 0 radical (unpaired) electrons. The van der Waals surface area contributed by atoms with Crippen molar-refractivity contribution in [1.29, 1.82) is 0 Å². The van der Waals surface area contributed by atoms with E-state index in [1.807, 2.05) is 42.6 Å². The van der Waals surface area contributed by atoms with Crippen LogP contribution in [-0.4, -0.2) is 24.6 Å². The van der Waals surface area contributed by atoms with Crippen LogP contribution in [0, 0.1) is 6.92 Å². The molecule has 5 heteroatoms. The summed E-state index contributed by atoms with van der Waals surface area (Å²) in [6, 6.07) is 9.67. The summed E-state index contributed by atoms with van der Waals surface area (Å²) in [5.74, 6) is -0.515. The van der Waals surface area contributed by atoms with Crippen LogP contribution in [-0.2, 0) is 16.1 Å². The van der Waals surface area contributed by atoms with E-state index in [4.69, 9.17) is 4.74 Å². The molecule has 0 amide bonds. The Labute approximate surface area is 122 Å². The maximum Gasteiger partial charge on any atom is 0.314 e. The highest BCUT2D eigenvalue weighted by atomic mass is 32.1. The molecule has 2 rings (SSSR count). The van der Waals surface area contributed by atoms with Crippen molar-refractivity contribution in [2.45, 2.75) is 19.4 Å². The average molecular weight is 290 g/mol. The Hall–Kier alpha value is -1.72. The van der Waals surface area contributed by atoms with E-state index in [0.717, 1.165) is 16.3 Å². The maximum atomic E-state index is 11.9. The summed E-state index contributed by atoms with van der Waals surface area (Å²) >= 11 is 1.63. The molecule has 0 spiro atoms. The van der Waals surface area contributed by atoms with Crippen LogP contribution >= 0.6 is 11.3 Å². The van der Waals surface area contributed by atoms with Crippen molar-refractivity contribution in [2.75, 3.05) is 13.7 Å². The molecule has 4 nitrogen and oxygen atoms in total. The molecule has 0 fully saturated rings. The van der Waals surface area contributed by atoms with E-state index in [9.17, 15) is 4.79 Å². The second-order valence-electron chi connectivity index (χ2n) is 4.48. The van der Waals surface area contributed by atoms with Crippen LogP contribution in [0.15, 0.2) is 35.7 Å². The normalized spacial score (nSPS) is 12.1. The van der Waals surface area contributed by atoms with Crippen LogP contribution in [0.25, 0.3) is 0 Å². The molecule has 1 N–H and O–H groups in total. The molecule has 20 heavy (non-hydrogen) atoms. The molecule has 0 aliphatic heterocycles. The lowest BCUT2D eigenvalue weighted by Crippen LogP contribution is -2.27. The minimum atomic E-state index is -0.291. The van der Waals surface area contributed by atoms with Crippen LogP contribution < -0.4 is 5.32 Å². The quantitative estimate of drug-likeness (QED) is 0.831. The molecule has 0 bridgehead atoms. The molecular formula is C15H18N2O2S. The Balaban J connectivity index is 1.96. The van der Waals surface area contributed by atoms with Crippen LogP contribution in [0.4, 0.5) is 0 Å².